The number of hydrogen-bond donors (Lipinski definition) is 1. The molecule has 0 spiro atoms. The summed E-state index contributed by atoms with van der Waals surface area (Å²) in [5.74, 6) is -0.507. The third-order valence-electron chi connectivity index (χ3n) is 2.07. The molecule has 0 aromatic heterocycles. The van der Waals surface area contributed by atoms with Crippen LogP contribution in [-0.4, -0.2) is 0 Å². The Morgan fingerprint density at radius 2 is 1.94 bits per heavy atom. The number of benzene rings is 2. The zero-order chi connectivity index (χ0) is 12.3. The van der Waals surface area contributed by atoms with Crippen LogP contribution in [0.25, 0.3) is 0 Å². The first-order valence-electron chi connectivity index (χ1n) is 4.83. The molecule has 0 saturated heterocycles. The van der Waals surface area contributed by atoms with E-state index in [4.69, 9.17) is 11.6 Å². The molecule has 0 saturated carbocycles. The van der Waals surface area contributed by atoms with E-state index in [2.05, 4.69) is 26.8 Å². The summed E-state index contributed by atoms with van der Waals surface area (Å²) in [6.45, 7) is 0. The SMILES string of the molecule is Fc1c(Cl)cccc1N[N]c1cccc(Br)c1. The minimum Gasteiger partial charge on any atom is -0.275 e. The number of hydrogen-bond acceptors (Lipinski definition) is 1. The molecule has 2 aromatic rings. The summed E-state index contributed by atoms with van der Waals surface area (Å²) in [4.78, 5) is 0. The third-order valence-corrected chi connectivity index (χ3v) is 2.85. The number of rotatable bonds is 3. The molecule has 0 heterocycles. The predicted octanol–water partition coefficient (Wildman–Crippen LogP) is 4.50. The van der Waals surface area contributed by atoms with E-state index in [9.17, 15) is 4.39 Å². The molecule has 1 radical (unpaired) electrons. The van der Waals surface area contributed by atoms with E-state index in [0.717, 1.165) is 4.47 Å². The number of halogens is 3. The van der Waals surface area contributed by atoms with Crippen LogP contribution in [0.1, 0.15) is 0 Å². The molecule has 87 valence electrons. The Bertz CT molecular complexity index is 534. The lowest BCUT2D eigenvalue weighted by Gasteiger charge is -2.08. The maximum Gasteiger partial charge on any atom is 0.166 e. The Balaban J connectivity index is 2.10. The highest BCUT2D eigenvalue weighted by atomic mass is 79.9. The van der Waals surface area contributed by atoms with E-state index in [-0.39, 0.29) is 10.7 Å². The first-order chi connectivity index (χ1) is 8.16. The fourth-order valence-corrected chi connectivity index (χ4v) is 1.82. The first kappa shape index (κ1) is 12.2. The second kappa shape index (κ2) is 5.38. The average Bonchev–Trinajstić information content (AvgIpc) is 2.31. The summed E-state index contributed by atoms with van der Waals surface area (Å²) in [6.07, 6.45) is 0. The van der Waals surface area contributed by atoms with Gasteiger partial charge in [0.1, 0.15) is 0 Å². The molecule has 0 bridgehead atoms. The highest BCUT2D eigenvalue weighted by Crippen LogP contribution is 2.22. The minimum absolute atomic E-state index is 0.0689. The molecule has 5 heteroatoms. The van der Waals surface area contributed by atoms with Gasteiger partial charge in [0.05, 0.1) is 16.4 Å². The van der Waals surface area contributed by atoms with E-state index in [0.29, 0.717) is 5.69 Å². The van der Waals surface area contributed by atoms with Gasteiger partial charge in [-0.2, -0.15) is 5.43 Å². The lowest BCUT2D eigenvalue weighted by Crippen LogP contribution is -2.08. The van der Waals surface area contributed by atoms with Crippen molar-refractivity contribution in [1.29, 1.82) is 0 Å². The number of anilines is 1. The quantitative estimate of drug-likeness (QED) is 0.829. The minimum atomic E-state index is -0.507. The van der Waals surface area contributed by atoms with Crippen molar-refractivity contribution in [2.45, 2.75) is 0 Å². The van der Waals surface area contributed by atoms with Gasteiger partial charge < -0.3 is 0 Å². The van der Waals surface area contributed by atoms with Gasteiger partial charge in [0.15, 0.2) is 5.82 Å². The molecule has 2 rings (SSSR count). The van der Waals surface area contributed by atoms with E-state index >= 15 is 0 Å². The van der Waals surface area contributed by atoms with Gasteiger partial charge in [0.2, 0.25) is 0 Å². The standard InChI is InChI=1S/C12H8BrClFN2/c13-8-3-1-4-9(7-8)16-17-11-6-2-5-10(14)12(11)15/h1-7,17H. The molecule has 0 aliphatic carbocycles. The largest absolute Gasteiger partial charge is 0.275 e. The highest BCUT2D eigenvalue weighted by Gasteiger charge is 2.05. The molecule has 17 heavy (non-hydrogen) atoms. The maximum atomic E-state index is 13.5. The van der Waals surface area contributed by atoms with Crippen LogP contribution in [0.2, 0.25) is 5.02 Å². The van der Waals surface area contributed by atoms with Crippen LogP contribution in [0, 0.1) is 5.82 Å². The monoisotopic (exact) mass is 313 g/mol. The third kappa shape index (κ3) is 3.11. The Hall–Kier alpha value is -1.26. The molecular weight excluding hydrogens is 307 g/mol. The van der Waals surface area contributed by atoms with Gasteiger partial charge in [-0.15, -0.1) is 0 Å². The van der Waals surface area contributed by atoms with Crippen LogP contribution in [0.4, 0.5) is 15.8 Å². The average molecular weight is 315 g/mol. The lowest BCUT2D eigenvalue weighted by molar-refractivity contribution is 0.629. The summed E-state index contributed by atoms with van der Waals surface area (Å²) >= 11 is 8.99. The molecule has 2 nitrogen and oxygen atoms in total. The summed E-state index contributed by atoms with van der Waals surface area (Å²) in [6, 6.07) is 12.1. The van der Waals surface area contributed by atoms with Gasteiger partial charge in [0.25, 0.3) is 0 Å². The maximum absolute atomic E-state index is 13.5. The zero-order valence-corrected chi connectivity index (χ0v) is 11.0. The van der Waals surface area contributed by atoms with Gasteiger partial charge in [-0.25, -0.2) is 4.39 Å². The van der Waals surface area contributed by atoms with Crippen molar-refractivity contribution in [2.75, 3.05) is 5.43 Å². The number of nitrogens with zero attached hydrogens (tertiary/aromatic N) is 1. The zero-order valence-electron chi connectivity index (χ0n) is 8.62. The van der Waals surface area contributed by atoms with Crippen molar-refractivity contribution in [2.24, 2.45) is 0 Å². The normalized spacial score (nSPS) is 10.1. The van der Waals surface area contributed by atoms with Gasteiger partial charge in [-0.05, 0) is 30.3 Å². The summed E-state index contributed by atoms with van der Waals surface area (Å²) in [5.41, 5.74) is 7.64. The van der Waals surface area contributed by atoms with E-state index in [1.807, 2.05) is 18.2 Å². The Morgan fingerprint density at radius 3 is 2.71 bits per heavy atom. The molecule has 2 aromatic carbocycles. The lowest BCUT2D eigenvalue weighted by atomic mass is 10.3. The van der Waals surface area contributed by atoms with Crippen molar-refractivity contribution in [3.05, 3.63) is 57.8 Å². The summed E-state index contributed by atoms with van der Waals surface area (Å²) in [7, 11) is 0. The molecule has 0 unspecified atom stereocenters. The van der Waals surface area contributed by atoms with Crippen molar-refractivity contribution in [1.82, 2.24) is 5.43 Å². The molecule has 0 aliphatic heterocycles. The summed E-state index contributed by atoms with van der Waals surface area (Å²) in [5, 5.41) is 0.0689. The van der Waals surface area contributed by atoms with Gasteiger partial charge >= 0.3 is 0 Å². The van der Waals surface area contributed by atoms with Crippen LogP contribution >= 0.6 is 27.5 Å². The summed E-state index contributed by atoms with van der Waals surface area (Å²) < 4.78 is 14.4. The Kier molecular flexibility index (Phi) is 3.86. The van der Waals surface area contributed by atoms with Gasteiger partial charge in [0, 0.05) is 4.47 Å². The van der Waals surface area contributed by atoms with Crippen molar-refractivity contribution < 1.29 is 4.39 Å². The van der Waals surface area contributed by atoms with Crippen LogP contribution in [0.5, 0.6) is 0 Å². The number of nitrogens with one attached hydrogen (secondary N) is 1. The highest BCUT2D eigenvalue weighted by molar-refractivity contribution is 9.10. The Labute approximate surface area is 112 Å². The predicted molar refractivity (Wildman–Crippen MR) is 71.0 cm³/mol. The Morgan fingerprint density at radius 1 is 1.18 bits per heavy atom. The van der Waals surface area contributed by atoms with E-state index in [1.165, 1.54) is 6.07 Å². The molecular formula is C12H8BrClFN2. The van der Waals surface area contributed by atoms with Gasteiger partial charge in [-0.1, -0.05) is 39.7 Å². The van der Waals surface area contributed by atoms with Crippen molar-refractivity contribution in [3.8, 4) is 0 Å². The first-order valence-corrected chi connectivity index (χ1v) is 6.00. The van der Waals surface area contributed by atoms with Crippen LogP contribution in [0.3, 0.4) is 0 Å². The van der Waals surface area contributed by atoms with E-state index in [1.54, 1.807) is 18.2 Å². The fraction of sp³-hybridized carbons (Fsp3) is 0. The molecule has 0 fully saturated rings. The second-order valence-electron chi connectivity index (χ2n) is 3.30. The van der Waals surface area contributed by atoms with Crippen LogP contribution < -0.4 is 10.9 Å². The fourth-order valence-electron chi connectivity index (χ4n) is 1.26. The van der Waals surface area contributed by atoms with Crippen molar-refractivity contribution in [3.63, 3.8) is 0 Å². The molecule has 0 amide bonds. The van der Waals surface area contributed by atoms with Crippen LogP contribution in [-0.2, 0) is 0 Å². The smallest absolute Gasteiger partial charge is 0.166 e. The van der Waals surface area contributed by atoms with Crippen LogP contribution in [0.15, 0.2) is 46.9 Å². The molecule has 0 aliphatic rings. The van der Waals surface area contributed by atoms with Gasteiger partial charge in [-0.3, -0.25) is 5.43 Å². The topological polar surface area (TPSA) is 26.1 Å². The second-order valence-corrected chi connectivity index (χ2v) is 4.63. The van der Waals surface area contributed by atoms with E-state index < -0.39 is 5.82 Å². The van der Waals surface area contributed by atoms with Crippen molar-refractivity contribution >= 4 is 38.9 Å². The molecule has 1 N–H and O–H groups in total. The molecule has 0 atom stereocenters.